The van der Waals surface area contributed by atoms with Gasteiger partial charge in [-0.3, -0.25) is 14.4 Å². The Balaban J connectivity index is 1.32. The van der Waals surface area contributed by atoms with E-state index in [2.05, 4.69) is 20.7 Å². The Kier molecular flexibility index (Phi) is 9.72. The third-order valence-corrected chi connectivity index (χ3v) is 8.97. The van der Waals surface area contributed by atoms with Gasteiger partial charge in [-0.1, -0.05) is 41.9 Å². The van der Waals surface area contributed by atoms with Crippen molar-refractivity contribution in [1.82, 2.24) is 25.2 Å². The van der Waals surface area contributed by atoms with E-state index in [0.29, 0.717) is 34.6 Å². The minimum atomic E-state index is -1.06. The van der Waals surface area contributed by atoms with Gasteiger partial charge in [-0.25, -0.2) is 23.1 Å². The van der Waals surface area contributed by atoms with Crippen molar-refractivity contribution in [3.05, 3.63) is 134 Å². The predicted octanol–water partition coefficient (Wildman–Crippen LogP) is 6.70. The van der Waals surface area contributed by atoms with Gasteiger partial charge in [-0.2, -0.15) is 5.10 Å². The number of carbonyl (C=O) groups excluding carboxylic acids is 4. The molecule has 0 unspecified atom stereocenters. The molecule has 1 aliphatic rings. The molecule has 0 aliphatic heterocycles. The Morgan fingerprint density at radius 3 is 2.47 bits per heavy atom. The fourth-order valence-electron chi connectivity index (χ4n) is 6.09. The van der Waals surface area contributed by atoms with E-state index in [-0.39, 0.29) is 35.6 Å². The van der Waals surface area contributed by atoms with Gasteiger partial charge in [0.1, 0.15) is 17.0 Å². The number of nitrogens with zero attached hydrogens (tertiary/aromatic N) is 3. The van der Waals surface area contributed by atoms with E-state index in [4.69, 9.17) is 16.3 Å². The average Bonchev–Trinajstić information content (AvgIpc) is 3.70. The first-order chi connectivity index (χ1) is 24.2. The highest BCUT2D eigenvalue weighted by Gasteiger charge is 2.31. The number of amides is 2. The lowest BCUT2D eigenvalue weighted by Gasteiger charge is -2.21. The minimum Gasteiger partial charge on any atom is -0.456 e. The minimum absolute atomic E-state index is 0.0256. The van der Waals surface area contributed by atoms with Gasteiger partial charge < -0.3 is 15.4 Å². The van der Waals surface area contributed by atoms with Crippen LogP contribution in [0.25, 0.3) is 5.65 Å². The van der Waals surface area contributed by atoms with Crippen LogP contribution < -0.4 is 10.6 Å². The number of fused-ring (bicyclic) bond motifs is 2. The molecule has 0 saturated heterocycles. The fraction of sp³-hybridized carbons (Fsp3) is 0.263. The molecule has 1 atom stereocenters. The highest BCUT2D eigenvalue weighted by Crippen LogP contribution is 2.35. The second-order valence-electron chi connectivity index (χ2n) is 13.3. The summed E-state index contributed by atoms with van der Waals surface area (Å²) in [5, 5.41) is 10.3. The normalized spacial score (nSPS) is 13.9. The second kappa shape index (κ2) is 14.0. The van der Waals surface area contributed by atoms with Crippen LogP contribution in [-0.4, -0.2) is 43.8 Å². The molecule has 5 aromatic rings. The fourth-order valence-corrected chi connectivity index (χ4v) is 6.29. The van der Waals surface area contributed by atoms with Gasteiger partial charge in [0.2, 0.25) is 0 Å². The first-order valence-corrected chi connectivity index (χ1v) is 16.6. The predicted molar refractivity (Wildman–Crippen MR) is 185 cm³/mol. The molecule has 262 valence electrons. The number of hydrogen-bond donors (Lipinski definition) is 2. The van der Waals surface area contributed by atoms with Gasteiger partial charge in [0.25, 0.3) is 11.8 Å². The number of nitrogens with one attached hydrogen (secondary N) is 2. The van der Waals surface area contributed by atoms with Gasteiger partial charge in [-0.15, -0.1) is 0 Å². The Hall–Kier alpha value is -5.49. The number of carbonyl (C=O) groups is 4. The van der Waals surface area contributed by atoms with Crippen LogP contribution >= 0.6 is 11.6 Å². The van der Waals surface area contributed by atoms with E-state index < -0.39 is 46.8 Å². The number of hydrogen-bond acceptors (Lipinski definition) is 7. The third kappa shape index (κ3) is 7.51. The van der Waals surface area contributed by atoms with E-state index in [0.717, 1.165) is 28.8 Å². The summed E-state index contributed by atoms with van der Waals surface area (Å²) in [4.78, 5) is 58.2. The molecular weight excluding hydrogens is 680 g/mol. The smallest absolute Gasteiger partial charge is 0.338 e. The third-order valence-electron chi connectivity index (χ3n) is 8.60. The van der Waals surface area contributed by atoms with E-state index in [1.807, 2.05) is 6.92 Å². The van der Waals surface area contributed by atoms with Crippen molar-refractivity contribution in [2.75, 3.05) is 0 Å². The molecule has 10 nitrogen and oxygen atoms in total. The summed E-state index contributed by atoms with van der Waals surface area (Å²) in [7, 11) is 0. The van der Waals surface area contributed by atoms with Crippen molar-refractivity contribution in [2.45, 2.75) is 65.1 Å². The molecule has 1 aliphatic carbocycles. The SMILES string of the molecule is Cc1c(C(=O)OC(C)(C)C)ccc2c1CC[C@@H]2NC(=O)c1cc(C(=O)NCc2ccc(F)c(F)c2)nc2c(C(=O)Cc3ccccc3Cl)cnn12. The molecule has 51 heavy (non-hydrogen) atoms. The number of Topliss-reactive ketones (excluding diaryl/α,β-unsaturated/α-hetero) is 1. The van der Waals surface area contributed by atoms with Crippen LogP contribution in [0, 0.1) is 18.6 Å². The summed E-state index contributed by atoms with van der Waals surface area (Å²) < 4.78 is 34.0. The Morgan fingerprint density at radius 2 is 1.75 bits per heavy atom. The zero-order valence-electron chi connectivity index (χ0n) is 28.3. The molecule has 2 N–H and O–H groups in total. The molecule has 0 fully saturated rings. The van der Waals surface area contributed by atoms with Crippen molar-refractivity contribution in [2.24, 2.45) is 0 Å². The van der Waals surface area contributed by atoms with E-state index in [9.17, 15) is 28.0 Å². The zero-order chi connectivity index (χ0) is 36.6. The average molecular weight is 714 g/mol. The summed E-state index contributed by atoms with van der Waals surface area (Å²) >= 11 is 6.30. The molecule has 2 amide bonds. The molecule has 6 rings (SSSR count). The van der Waals surface area contributed by atoms with Gasteiger partial charge in [-0.05, 0) is 92.6 Å². The van der Waals surface area contributed by atoms with Crippen LogP contribution in [-0.2, 0) is 24.1 Å². The van der Waals surface area contributed by atoms with Crippen LogP contribution in [0.1, 0.15) is 103 Å². The van der Waals surface area contributed by atoms with E-state index in [1.54, 1.807) is 57.2 Å². The first kappa shape index (κ1) is 35.3. The Labute approximate surface area is 297 Å². The van der Waals surface area contributed by atoms with Gasteiger partial charge in [0.05, 0.1) is 23.4 Å². The number of esters is 1. The number of rotatable bonds is 9. The number of ketones is 1. The van der Waals surface area contributed by atoms with E-state index in [1.165, 1.54) is 22.8 Å². The summed E-state index contributed by atoms with van der Waals surface area (Å²) in [6.45, 7) is 7.09. The number of halogens is 3. The lowest BCUT2D eigenvalue weighted by molar-refractivity contribution is 0.00682. The summed E-state index contributed by atoms with van der Waals surface area (Å²) in [5.41, 5.74) is 3.00. The summed E-state index contributed by atoms with van der Waals surface area (Å²) in [6.07, 6.45) is 2.36. The van der Waals surface area contributed by atoms with Crippen molar-refractivity contribution >= 4 is 40.8 Å². The number of benzene rings is 3. The highest BCUT2D eigenvalue weighted by atomic mass is 35.5. The van der Waals surface area contributed by atoms with Crippen LogP contribution in [0.3, 0.4) is 0 Å². The van der Waals surface area contributed by atoms with Gasteiger partial charge in [0.15, 0.2) is 23.1 Å². The van der Waals surface area contributed by atoms with E-state index >= 15 is 0 Å². The monoisotopic (exact) mass is 713 g/mol. The quantitative estimate of drug-likeness (QED) is 0.128. The van der Waals surface area contributed by atoms with Crippen molar-refractivity contribution in [3.8, 4) is 0 Å². The Morgan fingerprint density at radius 1 is 0.980 bits per heavy atom. The molecule has 2 heterocycles. The summed E-state index contributed by atoms with van der Waals surface area (Å²) in [5.74, 6) is -4.21. The number of ether oxygens (including phenoxy) is 1. The number of aromatic nitrogens is 3. The van der Waals surface area contributed by atoms with Crippen molar-refractivity contribution in [3.63, 3.8) is 0 Å². The Bertz CT molecular complexity index is 2230. The van der Waals surface area contributed by atoms with Crippen LogP contribution in [0.5, 0.6) is 0 Å². The lowest BCUT2D eigenvalue weighted by Crippen LogP contribution is -2.31. The standard InChI is InChI=1S/C38H34ClF2N5O5/c1-20-23-12-14-30(25(23)11-10-24(20)37(50)51-38(2,3)4)45-36(49)32-17-31(35(48)42-18-21-9-13-28(40)29(41)15-21)44-34-26(19-43-46(32)34)33(47)16-22-7-5-6-8-27(22)39/h5-11,13,15,17,19,30H,12,14,16,18H2,1-4H3,(H,42,48)(H,45,49)/t30-/m0/s1. The maximum absolute atomic E-state index is 14.0. The maximum atomic E-state index is 14.0. The van der Waals surface area contributed by atoms with Crippen molar-refractivity contribution < 1.29 is 32.7 Å². The van der Waals surface area contributed by atoms with Gasteiger partial charge >= 0.3 is 5.97 Å². The second-order valence-corrected chi connectivity index (χ2v) is 13.7. The first-order valence-electron chi connectivity index (χ1n) is 16.2. The lowest BCUT2D eigenvalue weighted by atomic mass is 9.97. The topological polar surface area (TPSA) is 132 Å². The zero-order valence-corrected chi connectivity index (χ0v) is 29.0. The molecular formula is C38H34ClF2N5O5. The molecule has 3 aromatic carbocycles. The highest BCUT2D eigenvalue weighted by molar-refractivity contribution is 6.31. The molecule has 0 radical (unpaired) electrons. The molecule has 2 aromatic heterocycles. The van der Waals surface area contributed by atoms with Crippen LogP contribution in [0.2, 0.25) is 5.02 Å². The largest absolute Gasteiger partial charge is 0.456 e. The molecule has 0 spiro atoms. The molecule has 0 bridgehead atoms. The summed E-state index contributed by atoms with van der Waals surface area (Å²) in [6, 6.07) is 14.4. The van der Waals surface area contributed by atoms with Crippen molar-refractivity contribution in [1.29, 1.82) is 0 Å². The van der Waals surface area contributed by atoms with Crippen LogP contribution in [0.4, 0.5) is 8.78 Å². The van der Waals surface area contributed by atoms with Gasteiger partial charge in [0, 0.05) is 24.1 Å². The van der Waals surface area contributed by atoms with Crippen LogP contribution in [0.15, 0.2) is 66.9 Å². The molecule has 0 saturated carbocycles. The maximum Gasteiger partial charge on any atom is 0.338 e. The molecule has 13 heteroatoms.